The van der Waals surface area contributed by atoms with Crippen LogP contribution >= 0.6 is 15.9 Å². The summed E-state index contributed by atoms with van der Waals surface area (Å²) in [7, 11) is 0. The minimum absolute atomic E-state index is 0.149. The zero-order valence-corrected chi connectivity index (χ0v) is 11.5. The Balaban J connectivity index is 1.90. The lowest BCUT2D eigenvalue weighted by atomic mass is 10.2. The average Bonchev–Trinajstić information content (AvgIpc) is 2.89. The van der Waals surface area contributed by atoms with Crippen molar-refractivity contribution in [1.29, 1.82) is 0 Å². The first-order valence-electron chi connectivity index (χ1n) is 5.72. The first kappa shape index (κ1) is 11.9. The van der Waals surface area contributed by atoms with Gasteiger partial charge in [0.15, 0.2) is 5.65 Å². The van der Waals surface area contributed by atoms with E-state index in [-0.39, 0.29) is 5.91 Å². The summed E-state index contributed by atoms with van der Waals surface area (Å²) >= 11 is 3.34. The molecule has 0 saturated carbocycles. The van der Waals surface area contributed by atoms with E-state index in [0.717, 1.165) is 10.1 Å². The summed E-state index contributed by atoms with van der Waals surface area (Å²) in [4.78, 5) is 16.3. The molecule has 19 heavy (non-hydrogen) atoms. The molecule has 0 radical (unpaired) electrons. The van der Waals surface area contributed by atoms with Crippen molar-refractivity contribution in [2.24, 2.45) is 0 Å². The van der Waals surface area contributed by atoms with Gasteiger partial charge in [0.1, 0.15) is 0 Å². The zero-order chi connectivity index (χ0) is 13.2. The predicted octanol–water partition coefficient (Wildman–Crippen LogP) is 3.35. The van der Waals surface area contributed by atoms with Gasteiger partial charge in [0, 0.05) is 28.6 Å². The van der Waals surface area contributed by atoms with Gasteiger partial charge in [-0.05, 0) is 36.4 Å². The van der Waals surface area contributed by atoms with Crippen LogP contribution in [0.4, 0.5) is 5.69 Å². The van der Waals surface area contributed by atoms with Crippen molar-refractivity contribution in [2.45, 2.75) is 0 Å². The van der Waals surface area contributed by atoms with Crippen molar-refractivity contribution in [3.63, 3.8) is 0 Å². The molecule has 1 amide bonds. The average molecular weight is 316 g/mol. The van der Waals surface area contributed by atoms with Crippen molar-refractivity contribution in [2.75, 3.05) is 5.32 Å². The van der Waals surface area contributed by atoms with Gasteiger partial charge in [-0.15, -0.1) is 0 Å². The molecular formula is C14H10BrN3O. The van der Waals surface area contributed by atoms with Crippen molar-refractivity contribution in [3.05, 3.63) is 65.0 Å². The summed E-state index contributed by atoms with van der Waals surface area (Å²) in [6, 6.07) is 10.9. The highest BCUT2D eigenvalue weighted by molar-refractivity contribution is 9.10. The van der Waals surface area contributed by atoms with Crippen LogP contribution in [0.5, 0.6) is 0 Å². The van der Waals surface area contributed by atoms with Crippen LogP contribution in [0.25, 0.3) is 5.65 Å². The topological polar surface area (TPSA) is 46.4 Å². The monoisotopic (exact) mass is 315 g/mol. The van der Waals surface area contributed by atoms with E-state index in [0.29, 0.717) is 11.3 Å². The fourth-order valence-corrected chi connectivity index (χ4v) is 2.11. The third-order valence-electron chi connectivity index (χ3n) is 2.77. The number of nitrogens with zero attached hydrogens (tertiary/aromatic N) is 2. The van der Waals surface area contributed by atoms with Gasteiger partial charge in [-0.2, -0.15) is 0 Å². The number of hydrogen-bond acceptors (Lipinski definition) is 2. The van der Waals surface area contributed by atoms with Crippen molar-refractivity contribution in [1.82, 2.24) is 9.38 Å². The minimum atomic E-state index is -0.149. The van der Waals surface area contributed by atoms with Crippen molar-refractivity contribution >= 4 is 33.2 Å². The molecular weight excluding hydrogens is 306 g/mol. The molecule has 94 valence electrons. The number of pyridine rings is 1. The van der Waals surface area contributed by atoms with E-state index in [1.807, 2.05) is 41.1 Å². The Labute approximate surface area is 118 Å². The van der Waals surface area contributed by atoms with Crippen LogP contribution in [0, 0.1) is 0 Å². The smallest absolute Gasteiger partial charge is 0.255 e. The highest BCUT2D eigenvalue weighted by atomic mass is 79.9. The minimum Gasteiger partial charge on any atom is -0.319 e. The Kier molecular flexibility index (Phi) is 3.05. The van der Waals surface area contributed by atoms with Crippen LogP contribution in [0.3, 0.4) is 0 Å². The lowest BCUT2D eigenvalue weighted by Crippen LogP contribution is -2.12. The number of hydrogen-bond donors (Lipinski definition) is 1. The number of rotatable bonds is 2. The molecule has 5 heteroatoms. The second kappa shape index (κ2) is 4.85. The van der Waals surface area contributed by atoms with Crippen LogP contribution in [0.1, 0.15) is 10.4 Å². The van der Waals surface area contributed by atoms with E-state index < -0.39 is 0 Å². The molecule has 0 aliphatic rings. The molecule has 0 unspecified atom stereocenters. The van der Waals surface area contributed by atoms with E-state index in [1.54, 1.807) is 18.3 Å². The molecule has 0 fully saturated rings. The highest BCUT2D eigenvalue weighted by Crippen LogP contribution is 2.16. The quantitative estimate of drug-likeness (QED) is 0.788. The molecule has 1 aromatic carbocycles. The fraction of sp³-hybridized carbons (Fsp3) is 0. The molecule has 0 aliphatic heterocycles. The molecule has 0 atom stereocenters. The van der Waals surface area contributed by atoms with E-state index in [9.17, 15) is 4.79 Å². The van der Waals surface area contributed by atoms with Gasteiger partial charge >= 0.3 is 0 Å². The van der Waals surface area contributed by atoms with E-state index in [2.05, 4.69) is 26.2 Å². The van der Waals surface area contributed by atoms with E-state index >= 15 is 0 Å². The van der Waals surface area contributed by atoms with Crippen LogP contribution in [0.2, 0.25) is 0 Å². The highest BCUT2D eigenvalue weighted by Gasteiger charge is 2.08. The Morgan fingerprint density at radius 3 is 2.74 bits per heavy atom. The summed E-state index contributed by atoms with van der Waals surface area (Å²) in [5, 5.41) is 2.87. The largest absolute Gasteiger partial charge is 0.319 e. The van der Waals surface area contributed by atoms with Gasteiger partial charge in [-0.3, -0.25) is 4.79 Å². The summed E-state index contributed by atoms with van der Waals surface area (Å²) in [5.74, 6) is -0.149. The summed E-state index contributed by atoms with van der Waals surface area (Å²) < 4.78 is 2.80. The Morgan fingerprint density at radius 1 is 1.16 bits per heavy atom. The number of anilines is 1. The number of aromatic nitrogens is 2. The van der Waals surface area contributed by atoms with Gasteiger partial charge in [-0.25, -0.2) is 4.98 Å². The Hall–Kier alpha value is -2.14. The molecule has 2 aromatic heterocycles. The summed E-state index contributed by atoms with van der Waals surface area (Å²) in [6.07, 6.45) is 5.42. The lowest BCUT2D eigenvalue weighted by Gasteiger charge is -2.06. The molecule has 3 aromatic rings. The molecule has 4 nitrogen and oxygen atoms in total. The zero-order valence-electron chi connectivity index (χ0n) is 9.88. The van der Waals surface area contributed by atoms with Crippen LogP contribution in [0.15, 0.2) is 59.5 Å². The van der Waals surface area contributed by atoms with Crippen LogP contribution in [-0.2, 0) is 0 Å². The maximum atomic E-state index is 12.1. The predicted molar refractivity (Wildman–Crippen MR) is 77.3 cm³/mol. The van der Waals surface area contributed by atoms with Gasteiger partial charge in [-0.1, -0.05) is 15.9 Å². The maximum absolute atomic E-state index is 12.1. The van der Waals surface area contributed by atoms with Gasteiger partial charge in [0.25, 0.3) is 5.91 Å². The number of benzene rings is 1. The number of nitrogens with one attached hydrogen (secondary N) is 1. The standard InChI is InChI=1S/C14H10BrN3O/c15-11-5-3-10(4-6-11)14(19)17-12-2-1-8-18-9-7-16-13(12)18/h1-9H,(H,17,19). The maximum Gasteiger partial charge on any atom is 0.255 e. The Bertz CT molecular complexity index is 734. The fourth-order valence-electron chi connectivity index (χ4n) is 1.84. The number of halogens is 1. The molecule has 3 rings (SSSR count). The van der Waals surface area contributed by atoms with Gasteiger partial charge < -0.3 is 9.72 Å². The normalized spacial score (nSPS) is 10.6. The first-order chi connectivity index (χ1) is 9.24. The van der Waals surface area contributed by atoms with Crippen LogP contribution in [-0.4, -0.2) is 15.3 Å². The summed E-state index contributed by atoms with van der Waals surface area (Å²) in [6.45, 7) is 0. The Morgan fingerprint density at radius 2 is 1.95 bits per heavy atom. The number of imidazole rings is 1. The number of carbonyl (C=O) groups excluding carboxylic acids is 1. The molecule has 0 bridgehead atoms. The SMILES string of the molecule is O=C(Nc1cccn2ccnc12)c1ccc(Br)cc1. The molecule has 0 spiro atoms. The van der Waals surface area contributed by atoms with E-state index in [4.69, 9.17) is 0 Å². The molecule has 2 heterocycles. The van der Waals surface area contributed by atoms with Crippen LogP contribution < -0.4 is 5.32 Å². The number of amides is 1. The van der Waals surface area contributed by atoms with Crippen molar-refractivity contribution in [3.8, 4) is 0 Å². The van der Waals surface area contributed by atoms with Crippen molar-refractivity contribution < 1.29 is 4.79 Å². The third-order valence-corrected chi connectivity index (χ3v) is 3.30. The number of fused-ring (bicyclic) bond motifs is 1. The third kappa shape index (κ3) is 2.37. The lowest BCUT2D eigenvalue weighted by molar-refractivity contribution is 0.102. The number of carbonyl (C=O) groups is 1. The molecule has 0 saturated heterocycles. The second-order valence-electron chi connectivity index (χ2n) is 4.04. The van der Waals surface area contributed by atoms with Gasteiger partial charge in [0.05, 0.1) is 5.69 Å². The first-order valence-corrected chi connectivity index (χ1v) is 6.52. The molecule has 0 aliphatic carbocycles. The molecule has 1 N–H and O–H groups in total. The van der Waals surface area contributed by atoms with E-state index in [1.165, 1.54) is 0 Å². The van der Waals surface area contributed by atoms with Gasteiger partial charge in [0.2, 0.25) is 0 Å². The second-order valence-corrected chi connectivity index (χ2v) is 4.96. The summed E-state index contributed by atoms with van der Waals surface area (Å²) in [5.41, 5.74) is 2.03.